The molecule has 26 heavy (non-hydrogen) atoms. The molecule has 0 saturated heterocycles. The highest BCUT2D eigenvalue weighted by Gasteiger charge is 2.08. The Balaban J connectivity index is 1.91. The van der Waals surface area contributed by atoms with Gasteiger partial charge in [-0.2, -0.15) is 0 Å². The molecule has 1 aromatic heterocycles. The van der Waals surface area contributed by atoms with Gasteiger partial charge in [0.05, 0.1) is 0 Å². The van der Waals surface area contributed by atoms with Gasteiger partial charge in [0.2, 0.25) is 0 Å². The van der Waals surface area contributed by atoms with E-state index in [1.54, 1.807) is 11.8 Å². The molecule has 0 spiro atoms. The van der Waals surface area contributed by atoms with Crippen molar-refractivity contribution in [2.75, 3.05) is 11.9 Å². The minimum Gasteiger partial charge on any atom is -0.370 e. The molecule has 1 heterocycles. The summed E-state index contributed by atoms with van der Waals surface area (Å²) in [6.45, 7) is 7.31. The first kappa shape index (κ1) is 18.5. The second-order valence-corrected chi connectivity index (χ2v) is 7.57. The molecule has 0 aliphatic heterocycles. The van der Waals surface area contributed by atoms with Crippen LogP contribution in [0.2, 0.25) is 0 Å². The van der Waals surface area contributed by atoms with Gasteiger partial charge in [0.1, 0.15) is 10.8 Å². The number of aryl methyl sites for hydroxylation is 2. The molecule has 3 nitrogen and oxygen atoms in total. The topological polar surface area (TPSA) is 37.8 Å². The van der Waals surface area contributed by atoms with Crippen molar-refractivity contribution in [2.24, 2.45) is 0 Å². The maximum atomic E-state index is 4.79. The van der Waals surface area contributed by atoms with Gasteiger partial charge in [0.15, 0.2) is 5.82 Å². The molecule has 0 aliphatic carbocycles. The molecule has 0 bridgehead atoms. The second-order valence-electron chi connectivity index (χ2n) is 6.48. The van der Waals surface area contributed by atoms with Gasteiger partial charge in [-0.05, 0) is 32.4 Å². The van der Waals surface area contributed by atoms with E-state index in [1.165, 1.54) is 16.0 Å². The largest absolute Gasteiger partial charge is 0.370 e. The maximum absolute atomic E-state index is 4.79. The average molecular weight is 364 g/mol. The quantitative estimate of drug-likeness (QED) is 0.405. The third kappa shape index (κ3) is 5.09. The van der Waals surface area contributed by atoms with Crippen LogP contribution in [0.1, 0.15) is 30.9 Å². The van der Waals surface area contributed by atoms with E-state index in [0.29, 0.717) is 0 Å². The number of benzene rings is 2. The summed E-state index contributed by atoms with van der Waals surface area (Å²) in [5.41, 5.74) is 3.54. The highest BCUT2D eigenvalue weighted by molar-refractivity contribution is 7.99. The summed E-state index contributed by atoms with van der Waals surface area (Å²) in [4.78, 5) is 10.7. The fourth-order valence-electron chi connectivity index (χ4n) is 2.52. The lowest BCUT2D eigenvalue weighted by molar-refractivity contribution is 0.829. The zero-order valence-electron chi connectivity index (χ0n) is 15.6. The van der Waals surface area contributed by atoms with Crippen molar-refractivity contribution in [2.45, 2.75) is 43.5 Å². The highest BCUT2D eigenvalue weighted by atomic mass is 32.2. The minimum atomic E-state index is 0.765. The number of hydrogen-bond donors (Lipinski definition) is 1. The number of hydrogen-bond acceptors (Lipinski definition) is 4. The molecule has 134 valence electrons. The lowest BCUT2D eigenvalue weighted by Gasteiger charge is -2.10. The Hall–Kier alpha value is -2.33. The number of nitrogens with zero attached hydrogens (tertiary/aromatic N) is 2. The Bertz CT molecular complexity index is 842. The van der Waals surface area contributed by atoms with Crippen LogP contribution >= 0.6 is 11.8 Å². The first-order valence-electron chi connectivity index (χ1n) is 9.08. The van der Waals surface area contributed by atoms with Crippen molar-refractivity contribution < 1.29 is 0 Å². The van der Waals surface area contributed by atoms with Gasteiger partial charge in [0, 0.05) is 23.1 Å². The lowest BCUT2D eigenvalue weighted by Crippen LogP contribution is -2.05. The van der Waals surface area contributed by atoms with Crippen LogP contribution in [0.15, 0.2) is 64.5 Å². The van der Waals surface area contributed by atoms with Gasteiger partial charge in [-0.3, -0.25) is 0 Å². The van der Waals surface area contributed by atoms with Crippen molar-refractivity contribution in [3.05, 3.63) is 65.7 Å². The number of nitrogens with one attached hydrogen (secondary N) is 1. The highest BCUT2D eigenvalue weighted by Crippen LogP contribution is 2.29. The van der Waals surface area contributed by atoms with Gasteiger partial charge < -0.3 is 5.32 Å². The van der Waals surface area contributed by atoms with Gasteiger partial charge in [-0.15, -0.1) is 0 Å². The average Bonchev–Trinajstić information content (AvgIpc) is 2.64. The first-order valence-corrected chi connectivity index (χ1v) is 9.90. The van der Waals surface area contributed by atoms with Crippen LogP contribution in [0, 0.1) is 13.8 Å². The van der Waals surface area contributed by atoms with Crippen LogP contribution in [0.5, 0.6) is 0 Å². The van der Waals surface area contributed by atoms with Crippen molar-refractivity contribution in [1.29, 1.82) is 0 Å². The molecular weight excluding hydrogens is 338 g/mol. The van der Waals surface area contributed by atoms with Crippen molar-refractivity contribution in [3.63, 3.8) is 0 Å². The minimum absolute atomic E-state index is 0.765. The summed E-state index contributed by atoms with van der Waals surface area (Å²) in [5.74, 6) is 1.65. The predicted molar refractivity (Wildman–Crippen MR) is 111 cm³/mol. The third-order valence-electron chi connectivity index (χ3n) is 4.09. The van der Waals surface area contributed by atoms with E-state index < -0.39 is 0 Å². The molecule has 1 N–H and O–H groups in total. The Kier molecular flexibility index (Phi) is 6.29. The van der Waals surface area contributed by atoms with E-state index in [-0.39, 0.29) is 0 Å². The monoisotopic (exact) mass is 363 g/mol. The van der Waals surface area contributed by atoms with Crippen molar-refractivity contribution >= 4 is 17.6 Å². The van der Waals surface area contributed by atoms with Crippen molar-refractivity contribution in [1.82, 2.24) is 9.97 Å². The number of aromatic nitrogens is 2. The van der Waals surface area contributed by atoms with E-state index in [9.17, 15) is 0 Å². The van der Waals surface area contributed by atoms with E-state index >= 15 is 0 Å². The van der Waals surface area contributed by atoms with Gasteiger partial charge >= 0.3 is 0 Å². The molecule has 0 amide bonds. The summed E-state index contributed by atoms with van der Waals surface area (Å²) in [6, 6.07) is 18.9. The molecule has 2 aromatic carbocycles. The lowest BCUT2D eigenvalue weighted by atomic mass is 10.1. The normalized spacial score (nSPS) is 10.7. The van der Waals surface area contributed by atoms with Crippen molar-refractivity contribution in [3.8, 4) is 11.4 Å². The third-order valence-corrected chi connectivity index (χ3v) is 5.02. The molecule has 0 unspecified atom stereocenters. The first-order chi connectivity index (χ1) is 12.6. The van der Waals surface area contributed by atoms with Crippen LogP contribution in [0.3, 0.4) is 0 Å². The number of rotatable bonds is 7. The predicted octanol–water partition coefficient (Wildman–Crippen LogP) is 6.12. The summed E-state index contributed by atoms with van der Waals surface area (Å²) >= 11 is 1.67. The Morgan fingerprint density at radius 2 is 1.54 bits per heavy atom. The van der Waals surface area contributed by atoms with Gasteiger partial charge in [-0.1, -0.05) is 72.6 Å². The Morgan fingerprint density at radius 1 is 0.885 bits per heavy atom. The van der Waals surface area contributed by atoms with Gasteiger partial charge in [-0.25, -0.2) is 9.97 Å². The van der Waals surface area contributed by atoms with E-state index in [4.69, 9.17) is 9.97 Å². The Labute approximate surface area is 160 Å². The fraction of sp³-hybridized carbons (Fsp3) is 0.273. The molecular formula is C22H25N3S. The maximum Gasteiger partial charge on any atom is 0.162 e. The molecule has 0 fully saturated rings. The van der Waals surface area contributed by atoms with E-state index in [0.717, 1.165) is 41.6 Å². The van der Waals surface area contributed by atoms with Crippen LogP contribution in [0.25, 0.3) is 11.4 Å². The molecule has 3 rings (SSSR count). The summed E-state index contributed by atoms with van der Waals surface area (Å²) < 4.78 is 0. The molecule has 3 aromatic rings. The molecule has 0 atom stereocenters. The van der Waals surface area contributed by atoms with Gasteiger partial charge in [0.25, 0.3) is 0 Å². The summed E-state index contributed by atoms with van der Waals surface area (Å²) in [5, 5.41) is 4.39. The van der Waals surface area contributed by atoms with E-state index in [1.807, 2.05) is 6.07 Å². The van der Waals surface area contributed by atoms with Crippen LogP contribution in [-0.2, 0) is 0 Å². The zero-order chi connectivity index (χ0) is 18.4. The molecule has 0 radical (unpaired) electrons. The summed E-state index contributed by atoms with van der Waals surface area (Å²) in [6.07, 6.45) is 2.29. The SMILES string of the molecule is CCCCNc1cc(Sc2ccc(C)cc2)nc(-c2ccc(C)cc2)n1. The number of unbranched alkanes of at least 4 members (excludes halogenated alkanes) is 1. The van der Waals surface area contributed by atoms with E-state index in [2.05, 4.69) is 74.6 Å². The molecule has 0 saturated carbocycles. The van der Waals surface area contributed by atoms with Crippen LogP contribution in [-0.4, -0.2) is 16.5 Å². The Morgan fingerprint density at radius 3 is 2.19 bits per heavy atom. The fourth-order valence-corrected chi connectivity index (χ4v) is 3.34. The standard InChI is InChI=1S/C22H25N3S/c1-4-5-14-23-20-15-21(26-19-12-8-17(3)9-13-19)25-22(24-20)18-10-6-16(2)7-11-18/h6-13,15H,4-5,14H2,1-3H3,(H,23,24,25). The van der Waals surface area contributed by atoms with Crippen LogP contribution < -0.4 is 5.32 Å². The van der Waals surface area contributed by atoms with Crippen LogP contribution in [0.4, 0.5) is 5.82 Å². The second kappa shape index (κ2) is 8.86. The summed E-state index contributed by atoms with van der Waals surface area (Å²) in [7, 11) is 0. The molecule has 0 aliphatic rings. The molecule has 4 heteroatoms. The smallest absolute Gasteiger partial charge is 0.162 e. The number of anilines is 1. The zero-order valence-corrected chi connectivity index (χ0v) is 16.4.